The molecule has 0 fully saturated rings. The van der Waals surface area contributed by atoms with E-state index in [0.717, 1.165) is 5.92 Å². The van der Waals surface area contributed by atoms with Crippen molar-refractivity contribution in [1.82, 2.24) is 4.90 Å². The topological polar surface area (TPSA) is 3.24 Å². The van der Waals surface area contributed by atoms with Gasteiger partial charge in [-0.2, -0.15) is 0 Å². The first-order valence-corrected chi connectivity index (χ1v) is 4.85. The Kier molecular flexibility index (Phi) is 6.63. The summed E-state index contributed by atoms with van der Waals surface area (Å²) in [4.78, 5) is 2.28. The maximum Gasteiger partial charge on any atom is -0.00222 e. The zero-order valence-electron chi connectivity index (χ0n) is 8.56. The SMILES string of the molecule is CCCC(CC)CCN(C)C. The Morgan fingerprint density at radius 2 is 1.73 bits per heavy atom. The maximum atomic E-state index is 2.30. The Bertz CT molecular complexity index is 78.9. The fourth-order valence-corrected chi connectivity index (χ4v) is 1.40. The van der Waals surface area contributed by atoms with E-state index in [1.165, 1.54) is 32.2 Å². The van der Waals surface area contributed by atoms with Gasteiger partial charge in [0.05, 0.1) is 0 Å². The molecule has 0 bridgehead atoms. The Morgan fingerprint density at radius 1 is 1.09 bits per heavy atom. The van der Waals surface area contributed by atoms with E-state index < -0.39 is 0 Å². The van der Waals surface area contributed by atoms with Crippen molar-refractivity contribution in [3.63, 3.8) is 0 Å². The first-order chi connectivity index (χ1) is 5.20. The molecule has 0 aliphatic heterocycles. The molecule has 0 heterocycles. The van der Waals surface area contributed by atoms with Crippen LogP contribution in [0.2, 0.25) is 0 Å². The second kappa shape index (κ2) is 6.66. The van der Waals surface area contributed by atoms with Crippen LogP contribution in [0.3, 0.4) is 0 Å². The standard InChI is InChI=1S/C10H23N/c1-5-7-10(6-2)8-9-11(3)4/h10H,5-9H2,1-4H3. The molecule has 1 unspecified atom stereocenters. The zero-order chi connectivity index (χ0) is 8.69. The van der Waals surface area contributed by atoms with Crippen molar-refractivity contribution in [2.45, 2.75) is 39.5 Å². The molecule has 1 heteroatoms. The molecular formula is C10H23N. The van der Waals surface area contributed by atoms with Gasteiger partial charge in [0, 0.05) is 0 Å². The lowest BCUT2D eigenvalue weighted by Crippen LogP contribution is -2.16. The van der Waals surface area contributed by atoms with Gasteiger partial charge in [0.15, 0.2) is 0 Å². The summed E-state index contributed by atoms with van der Waals surface area (Å²) in [5.74, 6) is 0.961. The van der Waals surface area contributed by atoms with Crippen molar-refractivity contribution >= 4 is 0 Å². The fraction of sp³-hybridized carbons (Fsp3) is 1.00. The maximum absolute atomic E-state index is 2.30. The van der Waals surface area contributed by atoms with Gasteiger partial charge < -0.3 is 4.90 Å². The van der Waals surface area contributed by atoms with Crippen molar-refractivity contribution in [3.8, 4) is 0 Å². The predicted octanol–water partition coefficient (Wildman–Crippen LogP) is 2.76. The molecule has 0 saturated heterocycles. The molecule has 0 spiro atoms. The van der Waals surface area contributed by atoms with Gasteiger partial charge >= 0.3 is 0 Å². The number of hydrogen-bond acceptors (Lipinski definition) is 1. The molecule has 0 rings (SSSR count). The summed E-state index contributed by atoms with van der Waals surface area (Å²) in [6.07, 6.45) is 5.47. The van der Waals surface area contributed by atoms with E-state index >= 15 is 0 Å². The van der Waals surface area contributed by atoms with E-state index in [0.29, 0.717) is 0 Å². The lowest BCUT2D eigenvalue weighted by Gasteiger charge is -2.16. The summed E-state index contributed by atoms with van der Waals surface area (Å²) in [6, 6.07) is 0. The number of hydrogen-bond donors (Lipinski definition) is 0. The van der Waals surface area contributed by atoms with Crippen LogP contribution in [-0.2, 0) is 0 Å². The van der Waals surface area contributed by atoms with Gasteiger partial charge in [0.1, 0.15) is 0 Å². The highest BCUT2D eigenvalue weighted by Crippen LogP contribution is 2.14. The minimum absolute atomic E-state index is 0.961. The lowest BCUT2D eigenvalue weighted by atomic mass is 9.97. The summed E-state index contributed by atoms with van der Waals surface area (Å²) < 4.78 is 0. The van der Waals surface area contributed by atoms with Gasteiger partial charge in [-0.15, -0.1) is 0 Å². The van der Waals surface area contributed by atoms with Crippen LogP contribution in [0, 0.1) is 5.92 Å². The van der Waals surface area contributed by atoms with Gasteiger partial charge in [-0.1, -0.05) is 33.1 Å². The molecule has 0 aromatic rings. The third kappa shape index (κ3) is 6.36. The minimum Gasteiger partial charge on any atom is -0.309 e. The molecule has 0 aromatic carbocycles. The van der Waals surface area contributed by atoms with Crippen LogP contribution in [0.4, 0.5) is 0 Å². The van der Waals surface area contributed by atoms with E-state index in [4.69, 9.17) is 0 Å². The molecule has 0 aromatic heterocycles. The van der Waals surface area contributed by atoms with E-state index in [1.54, 1.807) is 0 Å². The molecule has 68 valence electrons. The van der Waals surface area contributed by atoms with Crippen molar-refractivity contribution in [1.29, 1.82) is 0 Å². The second-order valence-corrected chi connectivity index (χ2v) is 3.65. The first-order valence-electron chi connectivity index (χ1n) is 4.85. The van der Waals surface area contributed by atoms with Gasteiger partial charge in [-0.3, -0.25) is 0 Å². The van der Waals surface area contributed by atoms with Crippen molar-refractivity contribution < 1.29 is 0 Å². The van der Waals surface area contributed by atoms with Crippen molar-refractivity contribution in [2.24, 2.45) is 5.92 Å². The summed E-state index contributed by atoms with van der Waals surface area (Å²) in [7, 11) is 4.30. The molecule has 0 N–H and O–H groups in total. The molecule has 1 atom stereocenters. The first kappa shape index (κ1) is 11.0. The lowest BCUT2D eigenvalue weighted by molar-refractivity contribution is 0.332. The molecule has 0 aliphatic rings. The molecular weight excluding hydrogens is 134 g/mol. The Hall–Kier alpha value is -0.0400. The zero-order valence-corrected chi connectivity index (χ0v) is 8.56. The van der Waals surface area contributed by atoms with Crippen LogP contribution in [-0.4, -0.2) is 25.5 Å². The predicted molar refractivity (Wildman–Crippen MR) is 51.9 cm³/mol. The van der Waals surface area contributed by atoms with Crippen LogP contribution >= 0.6 is 0 Å². The molecule has 0 amide bonds. The third-order valence-corrected chi connectivity index (χ3v) is 2.26. The molecule has 11 heavy (non-hydrogen) atoms. The summed E-state index contributed by atoms with van der Waals surface area (Å²) in [5.41, 5.74) is 0. The van der Waals surface area contributed by atoms with Crippen LogP contribution in [0.5, 0.6) is 0 Å². The van der Waals surface area contributed by atoms with Crippen LogP contribution in [0.25, 0.3) is 0 Å². The molecule has 0 aliphatic carbocycles. The largest absolute Gasteiger partial charge is 0.309 e. The van der Waals surface area contributed by atoms with Crippen LogP contribution in [0.1, 0.15) is 39.5 Å². The number of rotatable bonds is 6. The average Bonchev–Trinajstić information content (AvgIpc) is 1.97. The Labute approximate surface area is 71.8 Å². The van der Waals surface area contributed by atoms with Crippen LogP contribution in [0.15, 0.2) is 0 Å². The van der Waals surface area contributed by atoms with Crippen LogP contribution < -0.4 is 0 Å². The quantitative estimate of drug-likeness (QED) is 0.573. The Balaban J connectivity index is 3.35. The fourth-order valence-electron chi connectivity index (χ4n) is 1.40. The van der Waals surface area contributed by atoms with Gasteiger partial charge in [0.25, 0.3) is 0 Å². The van der Waals surface area contributed by atoms with E-state index in [1.807, 2.05) is 0 Å². The van der Waals surface area contributed by atoms with E-state index in [-0.39, 0.29) is 0 Å². The van der Waals surface area contributed by atoms with E-state index in [2.05, 4.69) is 32.8 Å². The molecule has 0 saturated carbocycles. The van der Waals surface area contributed by atoms with Gasteiger partial charge in [-0.05, 0) is 33.0 Å². The van der Waals surface area contributed by atoms with Crippen molar-refractivity contribution in [2.75, 3.05) is 20.6 Å². The highest BCUT2D eigenvalue weighted by molar-refractivity contribution is 4.58. The Morgan fingerprint density at radius 3 is 2.09 bits per heavy atom. The minimum atomic E-state index is 0.961. The smallest absolute Gasteiger partial charge is 0.00222 e. The average molecular weight is 157 g/mol. The van der Waals surface area contributed by atoms with Crippen molar-refractivity contribution in [3.05, 3.63) is 0 Å². The molecule has 0 radical (unpaired) electrons. The summed E-state index contributed by atoms with van der Waals surface area (Å²) >= 11 is 0. The summed E-state index contributed by atoms with van der Waals surface area (Å²) in [5, 5.41) is 0. The summed E-state index contributed by atoms with van der Waals surface area (Å²) in [6.45, 7) is 5.83. The molecule has 1 nitrogen and oxygen atoms in total. The number of nitrogens with zero attached hydrogens (tertiary/aromatic N) is 1. The monoisotopic (exact) mass is 157 g/mol. The van der Waals surface area contributed by atoms with Gasteiger partial charge in [0.2, 0.25) is 0 Å². The highest BCUT2D eigenvalue weighted by Gasteiger charge is 2.04. The normalized spacial score (nSPS) is 13.9. The second-order valence-electron chi connectivity index (χ2n) is 3.65. The van der Waals surface area contributed by atoms with E-state index in [9.17, 15) is 0 Å². The third-order valence-electron chi connectivity index (χ3n) is 2.26. The highest BCUT2D eigenvalue weighted by atomic mass is 15.0. The van der Waals surface area contributed by atoms with Gasteiger partial charge in [-0.25, -0.2) is 0 Å².